The van der Waals surface area contributed by atoms with Crippen molar-refractivity contribution in [2.45, 2.75) is 46.1 Å². The minimum Gasteiger partial charge on any atom is -0.396 e. The number of nitrogens with one attached hydrogen (secondary N) is 1. The monoisotopic (exact) mass is 505 g/mol. The van der Waals surface area contributed by atoms with Gasteiger partial charge in [0.15, 0.2) is 0 Å². The van der Waals surface area contributed by atoms with E-state index in [1.807, 2.05) is 37.6 Å². The number of rotatable bonds is 10. The molecule has 0 saturated carbocycles. The van der Waals surface area contributed by atoms with Crippen LogP contribution in [0.1, 0.15) is 53.4 Å². The molecule has 1 amide bonds. The largest absolute Gasteiger partial charge is 0.396 e. The number of thioether (sulfide) groups is 1. The highest BCUT2D eigenvalue weighted by Crippen LogP contribution is 2.31. The van der Waals surface area contributed by atoms with E-state index >= 15 is 0 Å². The van der Waals surface area contributed by atoms with Gasteiger partial charge in [0, 0.05) is 25.9 Å². The van der Waals surface area contributed by atoms with Crippen molar-refractivity contribution >= 4 is 47.7 Å². The highest BCUT2D eigenvalue weighted by atomic mass is 32.2. The van der Waals surface area contributed by atoms with Crippen LogP contribution in [0.2, 0.25) is 0 Å². The zero-order chi connectivity index (χ0) is 24.9. The Labute approximate surface area is 210 Å². The summed E-state index contributed by atoms with van der Waals surface area (Å²) in [6, 6.07) is 3.97. The Morgan fingerprint density at radius 1 is 1.41 bits per heavy atom. The minimum absolute atomic E-state index is 0.283. The van der Waals surface area contributed by atoms with E-state index in [9.17, 15) is 9.90 Å². The van der Waals surface area contributed by atoms with E-state index in [1.165, 1.54) is 11.3 Å². The Balaban J connectivity index is 0.000000310. The molecule has 0 aliphatic carbocycles. The molecule has 1 aliphatic rings. The molecule has 10 heteroatoms. The molecular formula is C24H35N5O3S2. The number of nitrogens with zero attached hydrogens (tertiary/aromatic N) is 4. The fraction of sp³-hybridized carbons (Fsp3) is 0.500. The van der Waals surface area contributed by atoms with Gasteiger partial charge in [-0.2, -0.15) is 0 Å². The number of pyridine rings is 1. The van der Waals surface area contributed by atoms with Crippen molar-refractivity contribution < 1.29 is 15.0 Å². The van der Waals surface area contributed by atoms with Gasteiger partial charge in [0.05, 0.1) is 22.1 Å². The van der Waals surface area contributed by atoms with E-state index in [-0.39, 0.29) is 6.61 Å². The number of aliphatic hydroxyl groups excluding tert-OH is 2. The number of thiazole rings is 1. The van der Waals surface area contributed by atoms with Crippen LogP contribution in [0.3, 0.4) is 0 Å². The predicted molar refractivity (Wildman–Crippen MR) is 142 cm³/mol. The Bertz CT molecular complexity index is 923. The lowest BCUT2D eigenvalue weighted by atomic mass is 9.94. The van der Waals surface area contributed by atoms with Gasteiger partial charge in [-0.3, -0.25) is 9.79 Å². The van der Waals surface area contributed by atoms with E-state index in [4.69, 9.17) is 5.11 Å². The number of likely N-dealkylation sites (tertiary alicyclic amines) is 1. The maximum atomic E-state index is 10.3. The number of aliphatic hydroxyl groups is 2. The number of hydrogen-bond acceptors (Lipinski definition) is 9. The molecule has 3 rings (SSSR count). The Morgan fingerprint density at radius 3 is 2.68 bits per heavy atom. The SMILES string of the molecule is C=N/C(=C\SCNc1ccc(C)cn1)c1sc(C(C)O)nc1C.O=CN1CCC(CCO)CC1. The van der Waals surface area contributed by atoms with Crippen LogP contribution >= 0.6 is 23.1 Å². The lowest BCUT2D eigenvalue weighted by Gasteiger charge is -2.28. The second kappa shape index (κ2) is 14.9. The fourth-order valence-corrected chi connectivity index (χ4v) is 5.06. The maximum Gasteiger partial charge on any atom is 0.209 e. The second-order valence-electron chi connectivity index (χ2n) is 8.11. The summed E-state index contributed by atoms with van der Waals surface area (Å²) in [6.45, 7) is 11.3. The molecule has 34 heavy (non-hydrogen) atoms. The van der Waals surface area contributed by atoms with Gasteiger partial charge in [-0.25, -0.2) is 9.97 Å². The average molecular weight is 506 g/mol. The quantitative estimate of drug-likeness (QED) is 0.192. The van der Waals surface area contributed by atoms with Crippen LogP contribution in [0.5, 0.6) is 0 Å². The van der Waals surface area contributed by atoms with Crippen molar-refractivity contribution in [1.29, 1.82) is 0 Å². The van der Waals surface area contributed by atoms with E-state index in [0.717, 1.165) is 66.4 Å². The molecule has 1 fully saturated rings. The van der Waals surface area contributed by atoms with Crippen LogP contribution in [-0.2, 0) is 4.79 Å². The van der Waals surface area contributed by atoms with Crippen LogP contribution in [0.25, 0.3) is 5.70 Å². The third kappa shape index (κ3) is 9.17. The highest BCUT2D eigenvalue weighted by molar-refractivity contribution is 8.02. The first-order chi connectivity index (χ1) is 16.4. The van der Waals surface area contributed by atoms with Crippen LogP contribution in [-0.4, -0.2) is 63.8 Å². The maximum absolute atomic E-state index is 10.3. The van der Waals surface area contributed by atoms with Gasteiger partial charge in [0.25, 0.3) is 0 Å². The van der Waals surface area contributed by atoms with Crippen molar-refractivity contribution in [1.82, 2.24) is 14.9 Å². The number of carbonyl (C=O) groups excluding carboxylic acids is 1. The molecule has 0 bridgehead atoms. The van der Waals surface area contributed by atoms with Crippen molar-refractivity contribution in [3.05, 3.63) is 44.9 Å². The molecule has 2 aromatic rings. The molecule has 1 saturated heterocycles. The normalized spacial score (nSPS) is 15.3. The fourth-order valence-electron chi connectivity index (χ4n) is 3.33. The number of aryl methyl sites for hydroxylation is 2. The van der Waals surface area contributed by atoms with Gasteiger partial charge in [-0.05, 0) is 69.7 Å². The van der Waals surface area contributed by atoms with Crippen LogP contribution in [0.4, 0.5) is 5.82 Å². The van der Waals surface area contributed by atoms with Gasteiger partial charge in [-0.1, -0.05) is 6.07 Å². The van der Waals surface area contributed by atoms with Gasteiger partial charge >= 0.3 is 0 Å². The number of amides is 1. The molecule has 3 heterocycles. The Hall–Kier alpha value is -2.27. The topological polar surface area (TPSA) is 111 Å². The van der Waals surface area contributed by atoms with Crippen LogP contribution < -0.4 is 5.32 Å². The molecule has 1 aliphatic heterocycles. The van der Waals surface area contributed by atoms with Crippen LogP contribution in [0, 0.1) is 19.8 Å². The number of aliphatic imine (C=N–C) groups is 1. The number of hydrogen-bond donors (Lipinski definition) is 3. The summed E-state index contributed by atoms with van der Waals surface area (Å²) >= 11 is 3.02. The van der Waals surface area contributed by atoms with E-state index in [2.05, 4.69) is 27.0 Å². The number of piperidine rings is 1. The third-order valence-electron chi connectivity index (χ3n) is 5.35. The third-order valence-corrected chi connectivity index (χ3v) is 7.40. The Kier molecular flexibility index (Phi) is 12.2. The first-order valence-electron chi connectivity index (χ1n) is 11.3. The average Bonchev–Trinajstić information content (AvgIpc) is 3.23. The van der Waals surface area contributed by atoms with Crippen molar-refractivity contribution in [3.8, 4) is 0 Å². The second-order valence-corrected chi connectivity index (χ2v) is 10.00. The zero-order valence-corrected chi connectivity index (χ0v) is 21.7. The van der Waals surface area contributed by atoms with Gasteiger partial charge in [-0.15, -0.1) is 23.1 Å². The number of anilines is 1. The molecule has 0 aromatic carbocycles. The van der Waals surface area contributed by atoms with Crippen molar-refractivity contribution in [2.75, 3.05) is 30.9 Å². The summed E-state index contributed by atoms with van der Waals surface area (Å²) in [7, 11) is 0. The summed E-state index contributed by atoms with van der Waals surface area (Å²) in [5, 5.41) is 24.2. The molecule has 3 N–H and O–H groups in total. The smallest absolute Gasteiger partial charge is 0.209 e. The summed E-state index contributed by atoms with van der Waals surface area (Å²) in [4.78, 5) is 25.8. The van der Waals surface area contributed by atoms with E-state index in [1.54, 1.807) is 23.6 Å². The summed E-state index contributed by atoms with van der Waals surface area (Å²) in [6.07, 6.45) is 5.18. The molecule has 1 unspecified atom stereocenters. The summed E-state index contributed by atoms with van der Waals surface area (Å²) in [5.41, 5.74) is 2.77. The summed E-state index contributed by atoms with van der Waals surface area (Å²) in [5.74, 6) is 2.15. The molecule has 186 valence electrons. The van der Waals surface area contributed by atoms with Gasteiger partial charge < -0.3 is 20.4 Å². The molecule has 0 radical (unpaired) electrons. The van der Waals surface area contributed by atoms with Gasteiger partial charge in [0.1, 0.15) is 16.9 Å². The van der Waals surface area contributed by atoms with Crippen molar-refractivity contribution in [3.63, 3.8) is 0 Å². The Morgan fingerprint density at radius 2 is 2.15 bits per heavy atom. The van der Waals surface area contributed by atoms with Gasteiger partial charge in [0.2, 0.25) is 6.41 Å². The zero-order valence-electron chi connectivity index (χ0n) is 20.1. The molecular weight excluding hydrogens is 470 g/mol. The number of aromatic nitrogens is 2. The van der Waals surface area contributed by atoms with E-state index < -0.39 is 6.10 Å². The first-order valence-corrected chi connectivity index (χ1v) is 13.1. The van der Waals surface area contributed by atoms with E-state index in [0.29, 0.717) is 16.8 Å². The van der Waals surface area contributed by atoms with Crippen molar-refractivity contribution in [2.24, 2.45) is 10.9 Å². The first kappa shape index (κ1) is 28.0. The highest BCUT2D eigenvalue weighted by Gasteiger charge is 2.17. The minimum atomic E-state index is -0.569. The molecule has 1 atom stereocenters. The molecule has 0 spiro atoms. The number of carbonyl (C=O) groups is 1. The molecule has 8 nitrogen and oxygen atoms in total. The lowest BCUT2D eigenvalue weighted by molar-refractivity contribution is -0.119. The molecule has 2 aromatic heterocycles. The lowest BCUT2D eigenvalue weighted by Crippen LogP contribution is -2.32. The van der Waals surface area contributed by atoms with Crippen LogP contribution in [0.15, 0.2) is 28.7 Å². The summed E-state index contributed by atoms with van der Waals surface area (Å²) < 4.78 is 0. The standard InChI is InChI=1S/C16H20N4OS2.C8H15NO2/c1-10-5-6-14(18-7-10)19-9-22-8-13(17-4)15-11(2)20-16(23-15)12(3)21;10-6-3-8-1-4-9(7-11)5-2-8/h5-8,12,21H,4,9H2,1-3H3,(H,18,19);7-8,10H,1-6H2/b13-8-;. The predicted octanol–water partition coefficient (Wildman–Crippen LogP) is 4.25.